The standard InChI is InChI=1S/C30H26Cl2N4O3/c1-17-16-33-18(2)29(34-17)38-22-8-3-19(4-9-22)28-27-24(25-15-21(32)7-12-26(25)35-27)13-14-36(28)30(37)39-23-10-5-20(31)6-11-23/h3-12,15,17,28,35H,13-14,16H2,1-2H3. The van der Waals surface area contributed by atoms with Crippen LogP contribution in [0.15, 0.2) is 76.7 Å². The van der Waals surface area contributed by atoms with Gasteiger partial charge in [0, 0.05) is 33.2 Å². The molecule has 4 aromatic rings. The molecule has 198 valence electrons. The third-order valence-electron chi connectivity index (χ3n) is 6.99. The number of aromatic amines is 1. The van der Waals surface area contributed by atoms with Gasteiger partial charge in [-0.15, -0.1) is 0 Å². The fourth-order valence-electron chi connectivity index (χ4n) is 5.07. The Kier molecular flexibility index (Phi) is 6.79. The molecule has 0 aliphatic carbocycles. The predicted molar refractivity (Wildman–Crippen MR) is 155 cm³/mol. The quantitative estimate of drug-likeness (QED) is 0.286. The molecule has 39 heavy (non-hydrogen) atoms. The largest absolute Gasteiger partial charge is 0.438 e. The summed E-state index contributed by atoms with van der Waals surface area (Å²) in [4.78, 5) is 27.8. The van der Waals surface area contributed by atoms with Gasteiger partial charge in [0.2, 0.25) is 5.90 Å². The Labute approximate surface area is 236 Å². The van der Waals surface area contributed by atoms with Crippen LogP contribution in [0.4, 0.5) is 4.79 Å². The maximum atomic E-state index is 13.5. The molecule has 0 saturated carbocycles. The van der Waals surface area contributed by atoms with E-state index in [2.05, 4.69) is 15.0 Å². The highest BCUT2D eigenvalue weighted by Gasteiger charge is 2.36. The summed E-state index contributed by atoms with van der Waals surface area (Å²) in [5, 5.41) is 2.31. The molecule has 2 aliphatic heterocycles. The number of carbonyl (C=O) groups is 1. The van der Waals surface area contributed by atoms with Crippen LogP contribution < -0.4 is 9.47 Å². The fraction of sp³-hybridized carbons (Fsp3) is 0.233. The second kappa shape index (κ2) is 10.4. The Morgan fingerprint density at radius 1 is 1.00 bits per heavy atom. The third-order valence-corrected chi connectivity index (χ3v) is 7.48. The molecule has 7 nitrogen and oxygen atoms in total. The van der Waals surface area contributed by atoms with E-state index >= 15 is 0 Å². The minimum Gasteiger partial charge on any atom is -0.438 e. The number of nitrogens with one attached hydrogen (secondary N) is 1. The Balaban J connectivity index is 1.35. The van der Waals surface area contributed by atoms with Gasteiger partial charge in [-0.05, 0) is 86.0 Å². The number of halogens is 2. The van der Waals surface area contributed by atoms with Gasteiger partial charge in [-0.25, -0.2) is 9.79 Å². The van der Waals surface area contributed by atoms with Crippen molar-refractivity contribution < 1.29 is 14.3 Å². The molecule has 1 aromatic heterocycles. The van der Waals surface area contributed by atoms with E-state index in [1.807, 2.05) is 56.3 Å². The summed E-state index contributed by atoms with van der Waals surface area (Å²) in [7, 11) is 0. The van der Waals surface area contributed by atoms with Crippen LogP contribution in [0, 0.1) is 0 Å². The summed E-state index contributed by atoms with van der Waals surface area (Å²) >= 11 is 12.3. The molecule has 2 atom stereocenters. The first-order valence-electron chi connectivity index (χ1n) is 12.8. The van der Waals surface area contributed by atoms with E-state index in [9.17, 15) is 4.79 Å². The number of carbonyl (C=O) groups excluding carboxylic acids is 1. The number of aromatic nitrogens is 1. The predicted octanol–water partition coefficient (Wildman–Crippen LogP) is 7.26. The van der Waals surface area contributed by atoms with Gasteiger partial charge in [0.05, 0.1) is 18.3 Å². The van der Waals surface area contributed by atoms with Crippen molar-refractivity contribution in [1.29, 1.82) is 0 Å². The maximum Gasteiger partial charge on any atom is 0.416 e. The third kappa shape index (κ3) is 5.12. The van der Waals surface area contributed by atoms with E-state index in [0.717, 1.165) is 33.4 Å². The van der Waals surface area contributed by atoms with Crippen LogP contribution in [-0.2, 0) is 6.42 Å². The molecular formula is C30H26Cl2N4O3. The van der Waals surface area contributed by atoms with Crippen molar-refractivity contribution in [2.24, 2.45) is 9.98 Å². The lowest BCUT2D eigenvalue weighted by atomic mass is 9.92. The van der Waals surface area contributed by atoms with Crippen LogP contribution in [-0.4, -0.2) is 46.7 Å². The van der Waals surface area contributed by atoms with Crippen molar-refractivity contribution in [2.75, 3.05) is 13.1 Å². The number of rotatable bonds is 3. The molecule has 3 heterocycles. The zero-order valence-electron chi connectivity index (χ0n) is 21.4. The summed E-state index contributed by atoms with van der Waals surface area (Å²) in [5.41, 5.74) is 4.75. The normalized spacial score (nSPS) is 18.8. The number of fused-ring (bicyclic) bond motifs is 3. The number of H-pyrrole nitrogens is 1. The lowest BCUT2D eigenvalue weighted by Crippen LogP contribution is -2.42. The van der Waals surface area contributed by atoms with Gasteiger partial charge in [0.25, 0.3) is 0 Å². The molecule has 6 rings (SSSR count). The number of benzene rings is 3. The maximum absolute atomic E-state index is 13.5. The number of hydrogen-bond donors (Lipinski definition) is 1. The molecule has 0 saturated heterocycles. The number of ether oxygens (including phenoxy) is 2. The fourth-order valence-corrected chi connectivity index (χ4v) is 5.37. The van der Waals surface area contributed by atoms with Crippen molar-refractivity contribution in [3.05, 3.63) is 93.6 Å². The summed E-state index contributed by atoms with van der Waals surface area (Å²) in [6.07, 6.45) is 0.224. The van der Waals surface area contributed by atoms with E-state index in [4.69, 9.17) is 32.7 Å². The monoisotopic (exact) mass is 560 g/mol. The smallest absolute Gasteiger partial charge is 0.416 e. The summed E-state index contributed by atoms with van der Waals surface area (Å²) < 4.78 is 11.8. The summed E-state index contributed by atoms with van der Waals surface area (Å²) in [6.45, 7) is 5.05. The number of hydrogen-bond acceptors (Lipinski definition) is 5. The highest BCUT2D eigenvalue weighted by molar-refractivity contribution is 6.39. The topological polar surface area (TPSA) is 79.3 Å². The number of amides is 1. The van der Waals surface area contributed by atoms with Crippen LogP contribution in [0.3, 0.4) is 0 Å². The van der Waals surface area contributed by atoms with Crippen molar-refractivity contribution in [3.63, 3.8) is 0 Å². The van der Waals surface area contributed by atoms with E-state index in [1.54, 1.807) is 29.2 Å². The molecule has 2 unspecified atom stereocenters. The van der Waals surface area contributed by atoms with E-state index in [0.29, 0.717) is 47.0 Å². The molecule has 0 bridgehead atoms. The zero-order valence-corrected chi connectivity index (χ0v) is 23.0. The minimum absolute atomic E-state index is 0.0827. The Hall–Kier alpha value is -3.81. The van der Waals surface area contributed by atoms with Crippen LogP contribution in [0.1, 0.15) is 36.7 Å². The Morgan fingerprint density at radius 2 is 1.72 bits per heavy atom. The molecule has 1 amide bonds. The van der Waals surface area contributed by atoms with Crippen molar-refractivity contribution in [1.82, 2.24) is 9.88 Å². The molecule has 2 aliphatic rings. The van der Waals surface area contributed by atoms with E-state index in [1.165, 1.54) is 0 Å². The van der Waals surface area contributed by atoms with Gasteiger partial charge in [0.15, 0.2) is 0 Å². The zero-order chi connectivity index (χ0) is 27.1. The van der Waals surface area contributed by atoms with Crippen molar-refractivity contribution in [3.8, 4) is 11.5 Å². The average molecular weight is 561 g/mol. The van der Waals surface area contributed by atoms with Crippen LogP contribution in [0.25, 0.3) is 10.9 Å². The number of nitrogens with zero attached hydrogens (tertiary/aromatic N) is 3. The van der Waals surface area contributed by atoms with Crippen molar-refractivity contribution in [2.45, 2.75) is 32.4 Å². The lowest BCUT2D eigenvalue weighted by Gasteiger charge is -2.35. The van der Waals surface area contributed by atoms with Crippen LogP contribution >= 0.6 is 23.2 Å². The first-order chi connectivity index (χ1) is 18.9. The van der Waals surface area contributed by atoms with Gasteiger partial charge in [0.1, 0.15) is 17.5 Å². The van der Waals surface area contributed by atoms with E-state index < -0.39 is 12.1 Å². The second-order valence-electron chi connectivity index (χ2n) is 9.76. The molecule has 0 spiro atoms. The summed E-state index contributed by atoms with van der Waals surface area (Å²) in [6, 6.07) is 20.0. The first kappa shape index (κ1) is 25.5. The minimum atomic E-state index is -0.442. The molecule has 3 aromatic carbocycles. The van der Waals surface area contributed by atoms with E-state index in [-0.39, 0.29) is 6.04 Å². The molecular weight excluding hydrogens is 535 g/mol. The van der Waals surface area contributed by atoms with Crippen molar-refractivity contribution >= 4 is 51.8 Å². The van der Waals surface area contributed by atoms with Gasteiger partial charge in [-0.1, -0.05) is 35.3 Å². The Morgan fingerprint density at radius 3 is 2.49 bits per heavy atom. The molecule has 0 fully saturated rings. The SMILES string of the molecule is CC1=NCC(C)N=C1Oc1ccc(C2c3[nH]c4ccc(Cl)cc4c3CCN2C(=O)Oc2ccc(Cl)cc2)cc1. The van der Waals surface area contributed by atoms with Gasteiger partial charge in [-0.2, -0.15) is 0 Å². The average Bonchev–Trinajstić information content (AvgIpc) is 3.30. The highest BCUT2D eigenvalue weighted by Crippen LogP contribution is 2.40. The lowest BCUT2D eigenvalue weighted by molar-refractivity contribution is 0.135. The Bertz CT molecular complexity index is 1610. The number of aliphatic imine (C=N–C) groups is 2. The highest BCUT2D eigenvalue weighted by atomic mass is 35.5. The summed E-state index contributed by atoms with van der Waals surface area (Å²) in [5.74, 6) is 1.61. The molecule has 9 heteroatoms. The van der Waals surface area contributed by atoms with Gasteiger partial charge < -0.3 is 14.5 Å². The van der Waals surface area contributed by atoms with Gasteiger partial charge in [-0.3, -0.25) is 9.89 Å². The van der Waals surface area contributed by atoms with Crippen LogP contribution in [0.2, 0.25) is 10.0 Å². The second-order valence-corrected chi connectivity index (χ2v) is 10.6. The first-order valence-corrected chi connectivity index (χ1v) is 13.5. The van der Waals surface area contributed by atoms with Gasteiger partial charge >= 0.3 is 6.09 Å². The van der Waals surface area contributed by atoms with Crippen LogP contribution in [0.5, 0.6) is 11.5 Å². The molecule has 0 radical (unpaired) electrons. The molecule has 1 N–H and O–H groups in total.